The molecule has 0 aromatic heterocycles. The molecular formula is C15H25ClN2. The van der Waals surface area contributed by atoms with Crippen molar-refractivity contribution in [3.8, 4) is 0 Å². The van der Waals surface area contributed by atoms with Crippen LogP contribution < -0.4 is 5.73 Å². The van der Waals surface area contributed by atoms with E-state index in [1.165, 1.54) is 5.56 Å². The lowest BCUT2D eigenvalue weighted by molar-refractivity contribution is 0.161. The third kappa shape index (κ3) is 4.27. The van der Waals surface area contributed by atoms with Crippen molar-refractivity contribution in [1.29, 1.82) is 0 Å². The topological polar surface area (TPSA) is 29.3 Å². The van der Waals surface area contributed by atoms with Crippen LogP contribution in [0.4, 0.5) is 0 Å². The molecule has 18 heavy (non-hydrogen) atoms. The Morgan fingerprint density at radius 3 is 2.28 bits per heavy atom. The summed E-state index contributed by atoms with van der Waals surface area (Å²) in [4.78, 5) is 2.39. The van der Waals surface area contributed by atoms with E-state index in [0.29, 0.717) is 12.6 Å². The predicted octanol–water partition coefficient (Wildman–Crippen LogP) is 3.71. The van der Waals surface area contributed by atoms with Crippen molar-refractivity contribution in [2.75, 3.05) is 20.1 Å². The lowest BCUT2D eigenvalue weighted by Gasteiger charge is -2.34. The third-order valence-corrected chi connectivity index (χ3v) is 3.66. The van der Waals surface area contributed by atoms with Gasteiger partial charge in [-0.25, -0.2) is 0 Å². The van der Waals surface area contributed by atoms with E-state index in [2.05, 4.69) is 44.9 Å². The number of nitrogens with zero attached hydrogens (tertiary/aromatic N) is 1. The summed E-state index contributed by atoms with van der Waals surface area (Å²) >= 11 is 5.94. The van der Waals surface area contributed by atoms with Gasteiger partial charge in [0.2, 0.25) is 0 Å². The fraction of sp³-hybridized carbons (Fsp3) is 0.600. The maximum atomic E-state index is 5.94. The zero-order valence-electron chi connectivity index (χ0n) is 11.9. The highest BCUT2D eigenvalue weighted by molar-refractivity contribution is 6.30. The van der Waals surface area contributed by atoms with Crippen LogP contribution in [0.3, 0.4) is 0 Å². The Hall–Kier alpha value is -0.570. The van der Waals surface area contributed by atoms with Crippen LogP contribution in [0.25, 0.3) is 0 Å². The number of hydrogen-bond acceptors (Lipinski definition) is 2. The normalized spacial score (nSPS) is 13.9. The molecule has 0 aliphatic heterocycles. The lowest BCUT2D eigenvalue weighted by atomic mass is 9.91. The van der Waals surface area contributed by atoms with Crippen molar-refractivity contribution in [1.82, 2.24) is 4.90 Å². The summed E-state index contributed by atoms with van der Waals surface area (Å²) in [6.45, 7) is 8.32. The molecule has 0 heterocycles. The monoisotopic (exact) mass is 268 g/mol. The van der Waals surface area contributed by atoms with Crippen LogP contribution in [0.5, 0.6) is 0 Å². The van der Waals surface area contributed by atoms with Crippen LogP contribution in [0.2, 0.25) is 5.02 Å². The number of hydrogen-bond donors (Lipinski definition) is 1. The van der Waals surface area contributed by atoms with Crippen LogP contribution >= 0.6 is 11.6 Å². The SMILES string of the molecule is CCC(c1ccc(Cl)cc1)N(C)CC(C)(C)CN. The molecule has 1 aromatic rings. The molecule has 1 rings (SSSR count). The summed E-state index contributed by atoms with van der Waals surface area (Å²) in [6, 6.07) is 8.57. The molecule has 0 spiro atoms. The summed E-state index contributed by atoms with van der Waals surface area (Å²) in [7, 11) is 2.17. The van der Waals surface area contributed by atoms with E-state index in [1.807, 2.05) is 12.1 Å². The first-order chi connectivity index (χ1) is 8.39. The molecule has 0 saturated heterocycles. The van der Waals surface area contributed by atoms with Crippen LogP contribution in [0.15, 0.2) is 24.3 Å². The largest absolute Gasteiger partial charge is 0.330 e. The summed E-state index contributed by atoms with van der Waals surface area (Å²) < 4.78 is 0. The van der Waals surface area contributed by atoms with Gasteiger partial charge in [0.05, 0.1) is 0 Å². The second-order valence-corrected chi connectivity index (χ2v) is 6.20. The van der Waals surface area contributed by atoms with Crippen molar-refractivity contribution in [3.63, 3.8) is 0 Å². The smallest absolute Gasteiger partial charge is 0.0406 e. The Balaban J connectivity index is 2.80. The van der Waals surface area contributed by atoms with Gasteiger partial charge in [-0.3, -0.25) is 4.90 Å². The number of rotatable bonds is 6. The van der Waals surface area contributed by atoms with Crippen molar-refractivity contribution in [3.05, 3.63) is 34.9 Å². The molecule has 0 aliphatic carbocycles. The molecular weight excluding hydrogens is 244 g/mol. The van der Waals surface area contributed by atoms with Crippen LogP contribution in [-0.2, 0) is 0 Å². The van der Waals surface area contributed by atoms with E-state index in [-0.39, 0.29) is 5.41 Å². The van der Waals surface area contributed by atoms with E-state index in [1.54, 1.807) is 0 Å². The highest BCUT2D eigenvalue weighted by Gasteiger charge is 2.23. The Bertz CT molecular complexity index is 359. The molecule has 0 fully saturated rings. The first-order valence-electron chi connectivity index (χ1n) is 6.55. The molecule has 0 saturated carbocycles. The maximum Gasteiger partial charge on any atom is 0.0406 e. The summed E-state index contributed by atoms with van der Waals surface area (Å²) in [5.74, 6) is 0. The molecule has 2 nitrogen and oxygen atoms in total. The van der Waals surface area contributed by atoms with Gasteiger partial charge >= 0.3 is 0 Å². The predicted molar refractivity (Wildman–Crippen MR) is 79.9 cm³/mol. The second kappa shape index (κ2) is 6.55. The minimum Gasteiger partial charge on any atom is -0.330 e. The molecule has 1 unspecified atom stereocenters. The molecule has 0 aliphatic rings. The average Bonchev–Trinajstić information content (AvgIpc) is 2.32. The van der Waals surface area contributed by atoms with E-state index in [9.17, 15) is 0 Å². The van der Waals surface area contributed by atoms with Gasteiger partial charge in [-0.2, -0.15) is 0 Å². The Kier molecular flexibility index (Phi) is 5.64. The van der Waals surface area contributed by atoms with Gasteiger partial charge < -0.3 is 5.73 Å². The van der Waals surface area contributed by atoms with Crippen molar-refractivity contribution in [2.45, 2.75) is 33.2 Å². The third-order valence-electron chi connectivity index (χ3n) is 3.40. The van der Waals surface area contributed by atoms with E-state index >= 15 is 0 Å². The fourth-order valence-electron chi connectivity index (χ4n) is 2.34. The fourth-order valence-corrected chi connectivity index (χ4v) is 2.46. The van der Waals surface area contributed by atoms with Crippen LogP contribution in [0.1, 0.15) is 38.8 Å². The van der Waals surface area contributed by atoms with Gasteiger partial charge in [-0.1, -0.05) is 44.5 Å². The molecule has 3 heteroatoms. The second-order valence-electron chi connectivity index (χ2n) is 5.76. The van der Waals surface area contributed by atoms with Crippen molar-refractivity contribution < 1.29 is 0 Å². The molecule has 2 N–H and O–H groups in total. The van der Waals surface area contributed by atoms with Crippen LogP contribution in [-0.4, -0.2) is 25.0 Å². The van der Waals surface area contributed by atoms with Gasteiger partial charge in [-0.05, 0) is 43.1 Å². The quantitative estimate of drug-likeness (QED) is 0.852. The molecule has 102 valence electrons. The molecule has 0 amide bonds. The van der Waals surface area contributed by atoms with Gasteiger partial charge in [0.15, 0.2) is 0 Å². The first-order valence-corrected chi connectivity index (χ1v) is 6.93. The number of nitrogens with two attached hydrogens (primary N) is 1. The maximum absolute atomic E-state index is 5.94. The Labute approximate surface area is 116 Å². The Morgan fingerprint density at radius 1 is 1.28 bits per heavy atom. The standard InChI is InChI=1S/C15H25ClN2/c1-5-14(12-6-8-13(16)9-7-12)18(4)11-15(2,3)10-17/h6-9,14H,5,10-11,17H2,1-4H3. The highest BCUT2D eigenvalue weighted by Crippen LogP contribution is 2.27. The van der Waals surface area contributed by atoms with Crippen LogP contribution in [0, 0.1) is 5.41 Å². The molecule has 1 aromatic carbocycles. The van der Waals surface area contributed by atoms with Gasteiger partial charge in [0.1, 0.15) is 0 Å². The minimum absolute atomic E-state index is 0.147. The van der Waals surface area contributed by atoms with Gasteiger partial charge in [0, 0.05) is 17.6 Å². The van der Waals surface area contributed by atoms with E-state index < -0.39 is 0 Å². The summed E-state index contributed by atoms with van der Waals surface area (Å²) in [5, 5.41) is 0.790. The minimum atomic E-state index is 0.147. The number of benzene rings is 1. The summed E-state index contributed by atoms with van der Waals surface area (Å²) in [5.41, 5.74) is 7.27. The number of halogens is 1. The average molecular weight is 269 g/mol. The molecule has 0 bridgehead atoms. The van der Waals surface area contributed by atoms with Gasteiger partial charge in [-0.15, -0.1) is 0 Å². The zero-order chi connectivity index (χ0) is 13.8. The molecule has 1 atom stereocenters. The van der Waals surface area contributed by atoms with E-state index in [4.69, 9.17) is 17.3 Å². The highest BCUT2D eigenvalue weighted by atomic mass is 35.5. The van der Waals surface area contributed by atoms with Crippen molar-refractivity contribution in [2.24, 2.45) is 11.1 Å². The van der Waals surface area contributed by atoms with Gasteiger partial charge in [0.25, 0.3) is 0 Å². The Morgan fingerprint density at radius 2 is 1.83 bits per heavy atom. The van der Waals surface area contributed by atoms with Crippen molar-refractivity contribution >= 4 is 11.6 Å². The van der Waals surface area contributed by atoms with E-state index in [0.717, 1.165) is 18.0 Å². The molecule has 0 radical (unpaired) electrons. The lowest BCUT2D eigenvalue weighted by Crippen LogP contribution is -2.38. The first kappa shape index (κ1) is 15.5. The summed E-state index contributed by atoms with van der Waals surface area (Å²) in [6.07, 6.45) is 1.08. The zero-order valence-corrected chi connectivity index (χ0v) is 12.7.